The van der Waals surface area contributed by atoms with Crippen molar-refractivity contribution in [2.45, 2.75) is 26.7 Å². The van der Waals surface area contributed by atoms with Gasteiger partial charge in [-0.05, 0) is 84.3 Å². The van der Waals surface area contributed by atoms with Gasteiger partial charge in [-0.15, -0.1) is 6.42 Å². The summed E-state index contributed by atoms with van der Waals surface area (Å²) in [4.78, 5) is 11.7. The summed E-state index contributed by atoms with van der Waals surface area (Å²) < 4.78 is 4.78. The van der Waals surface area contributed by atoms with Gasteiger partial charge in [-0.1, -0.05) is 12.1 Å². The van der Waals surface area contributed by atoms with Crippen molar-refractivity contribution in [1.29, 1.82) is 0 Å². The summed E-state index contributed by atoms with van der Waals surface area (Å²) in [5, 5.41) is 9.76. The van der Waals surface area contributed by atoms with E-state index < -0.39 is 5.97 Å². The molecule has 0 spiro atoms. The zero-order valence-electron chi connectivity index (χ0n) is 17.4. The van der Waals surface area contributed by atoms with Crippen molar-refractivity contribution in [3.05, 3.63) is 28.8 Å². The van der Waals surface area contributed by atoms with E-state index in [4.69, 9.17) is 11.2 Å². The normalized spacial score (nSPS) is 6.78. The van der Waals surface area contributed by atoms with Crippen molar-refractivity contribution in [1.82, 2.24) is 0 Å². The Morgan fingerprint density at radius 2 is 1.19 bits per heavy atom. The van der Waals surface area contributed by atoms with Crippen molar-refractivity contribution < 1.29 is 14.6 Å². The lowest BCUT2D eigenvalue weighted by atomic mass is 10.0. The lowest BCUT2D eigenvalue weighted by Crippen LogP contribution is -2.02. The molecule has 148 valence electrons. The zero-order valence-corrected chi connectivity index (χ0v) is 17.4. The molecule has 0 heterocycles. The van der Waals surface area contributed by atoms with Crippen molar-refractivity contribution >= 4 is 5.97 Å². The first-order valence-corrected chi connectivity index (χ1v) is 8.99. The minimum absolute atomic E-state index is 0.166. The van der Waals surface area contributed by atoms with Crippen LogP contribution in [0.25, 0.3) is 0 Å². The van der Waals surface area contributed by atoms with Crippen LogP contribution in [-0.2, 0) is 16.0 Å². The Bertz CT molecular complexity index is 1410. The van der Waals surface area contributed by atoms with Crippen LogP contribution in [0.4, 0.5) is 0 Å². The van der Waals surface area contributed by atoms with Crippen LogP contribution in [-0.4, -0.2) is 11.1 Å². The van der Waals surface area contributed by atoms with E-state index in [0.717, 1.165) is 16.7 Å². The summed E-state index contributed by atoms with van der Waals surface area (Å²) in [6.07, 6.45) is 7.79. The van der Waals surface area contributed by atoms with E-state index >= 15 is 0 Å². The Kier molecular flexibility index (Phi) is 11.9. The highest BCUT2D eigenvalue weighted by molar-refractivity contribution is 5.71. The second-order valence-corrected chi connectivity index (χ2v) is 5.67. The Morgan fingerprint density at radius 1 is 0.781 bits per heavy atom. The lowest BCUT2D eigenvalue weighted by molar-refractivity contribution is -0.136. The molecule has 0 bridgehead atoms. The quantitative estimate of drug-likeness (QED) is 0.613. The second kappa shape index (κ2) is 15.5. The molecule has 1 aromatic carbocycles. The van der Waals surface area contributed by atoms with Crippen LogP contribution in [0.5, 0.6) is 5.75 Å². The van der Waals surface area contributed by atoms with Crippen LogP contribution in [0, 0.1) is 121 Å². The van der Waals surface area contributed by atoms with E-state index in [0.29, 0.717) is 6.42 Å². The maximum absolute atomic E-state index is 11.7. The lowest BCUT2D eigenvalue weighted by Gasteiger charge is -2.07. The number of phenols is 1. The predicted octanol–water partition coefficient (Wildman–Crippen LogP) is 2.10. The average Bonchev–Trinajstić information content (AvgIpc) is 2.78. The van der Waals surface area contributed by atoms with Gasteiger partial charge in [-0.2, -0.15) is 0 Å². The number of benzene rings is 1. The minimum Gasteiger partial charge on any atom is -0.507 e. The van der Waals surface area contributed by atoms with Crippen LogP contribution < -0.4 is 0 Å². The van der Waals surface area contributed by atoms with Gasteiger partial charge in [0.1, 0.15) is 11.9 Å². The van der Waals surface area contributed by atoms with Gasteiger partial charge in [0.05, 0.1) is 6.42 Å². The van der Waals surface area contributed by atoms with Crippen LogP contribution in [0.3, 0.4) is 0 Å². The zero-order chi connectivity index (χ0) is 23.4. The number of rotatable bonds is 3. The Labute approximate surface area is 189 Å². The number of carbonyl (C=O) groups is 1. The molecule has 32 heavy (non-hydrogen) atoms. The van der Waals surface area contributed by atoms with Crippen LogP contribution in [0.2, 0.25) is 0 Å². The number of carbonyl (C=O) groups excluding carboxylic acids is 1. The van der Waals surface area contributed by atoms with E-state index in [1.165, 1.54) is 0 Å². The van der Waals surface area contributed by atoms with Crippen molar-refractivity contribution in [2.24, 2.45) is 0 Å². The number of aromatic hydroxyl groups is 1. The highest BCUT2D eigenvalue weighted by Gasteiger charge is 2.06. The van der Waals surface area contributed by atoms with Crippen molar-refractivity contribution in [3.8, 4) is 113 Å². The fraction of sp³-hybridized carbons (Fsp3) is 0.138. The molecule has 3 heteroatoms. The molecule has 0 saturated heterocycles. The Morgan fingerprint density at radius 3 is 1.62 bits per heavy atom. The van der Waals surface area contributed by atoms with Gasteiger partial charge in [-0.25, -0.2) is 0 Å². The maximum Gasteiger partial charge on any atom is 0.320 e. The molecule has 0 fully saturated rings. The highest BCUT2D eigenvalue weighted by atomic mass is 16.5. The van der Waals surface area contributed by atoms with Crippen LogP contribution in [0.15, 0.2) is 12.1 Å². The van der Waals surface area contributed by atoms with Gasteiger partial charge in [-0.3, -0.25) is 4.79 Å². The topological polar surface area (TPSA) is 46.5 Å². The molecule has 0 unspecified atom stereocenters. The first-order chi connectivity index (χ1) is 15.5. The third-order valence-corrected chi connectivity index (χ3v) is 3.33. The summed E-state index contributed by atoms with van der Waals surface area (Å²) in [5.74, 6) is 38.5. The first kappa shape index (κ1) is 24.6. The molecule has 3 nitrogen and oxygen atoms in total. The minimum atomic E-state index is -0.465. The van der Waals surface area contributed by atoms with Gasteiger partial charge in [0.25, 0.3) is 0 Å². The van der Waals surface area contributed by atoms with Gasteiger partial charge in [0.2, 0.25) is 0 Å². The molecule has 0 atom stereocenters. The van der Waals surface area contributed by atoms with Gasteiger partial charge < -0.3 is 9.84 Å². The van der Waals surface area contributed by atoms with E-state index in [1.807, 2.05) is 26.0 Å². The summed E-state index contributed by atoms with van der Waals surface area (Å²) in [6, 6.07) is 3.67. The van der Waals surface area contributed by atoms with Gasteiger partial charge >= 0.3 is 5.97 Å². The Balaban J connectivity index is 2.40. The van der Waals surface area contributed by atoms with E-state index in [9.17, 15) is 9.90 Å². The molecule has 0 aromatic heterocycles. The Hall–Kier alpha value is -5.47. The molecule has 1 aromatic rings. The summed E-state index contributed by atoms with van der Waals surface area (Å²) in [7, 11) is 0. The smallest absolute Gasteiger partial charge is 0.320 e. The van der Waals surface area contributed by atoms with E-state index in [-0.39, 0.29) is 12.2 Å². The number of hydrogen-bond donors (Lipinski definition) is 1. The van der Waals surface area contributed by atoms with Crippen molar-refractivity contribution in [2.75, 3.05) is 0 Å². The molecule has 1 N–H and O–H groups in total. The number of hydrogen-bond acceptors (Lipinski definition) is 3. The third kappa shape index (κ3) is 11.4. The highest BCUT2D eigenvalue weighted by Crippen LogP contribution is 2.23. The van der Waals surface area contributed by atoms with Gasteiger partial charge in [0, 0.05) is 47.4 Å². The van der Waals surface area contributed by atoms with Crippen LogP contribution >= 0.6 is 0 Å². The van der Waals surface area contributed by atoms with E-state index in [1.54, 1.807) is 0 Å². The summed E-state index contributed by atoms with van der Waals surface area (Å²) in [6.45, 7) is 3.62. The first-order valence-electron chi connectivity index (χ1n) is 8.99. The standard InChI is InChI=1S/C29H14O3/c1-4-5-6-7-8-9-10-11-12-13-14-15-16-17-18-19-22-32-28(30)21-20-27-23-25(2)29(31)26(3)24-27/h1,23-24,31H,20-21H2,2-3H3. The molecule has 0 amide bonds. The summed E-state index contributed by atoms with van der Waals surface area (Å²) >= 11 is 0. The number of terminal acetylenes is 1. The monoisotopic (exact) mass is 410 g/mol. The maximum atomic E-state index is 11.7. The molecule has 0 aliphatic rings. The number of aryl methyl sites for hydroxylation is 3. The van der Waals surface area contributed by atoms with E-state index in [2.05, 4.69) is 101 Å². The second-order valence-electron chi connectivity index (χ2n) is 5.67. The molecule has 1 rings (SSSR count). The SMILES string of the molecule is C#CC#CC#CC#CC#CC#CC#CC#CC#COC(=O)CCc1cc(C)c(O)c(C)c1. The average molecular weight is 410 g/mol. The molecule has 0 aliphatic carbocycles. The molecule has 0 aliphatic heterocycles. The molecular weight excluding hydrogens is 396 g/mol. The third-order valence-electron chi connectivity index (χ3n) is 3.33. The number of esters is 1. The van der Waals surface area contributed by atoms with Crippen LogP contribution in [0.1, 0.15) is 23.1 Å². The van der Waals surface area contributed by atoms with Gasteiger partial charge in [0.15, 0.2) is 0 Å². The largest absolute Gasteiger partial charge is 0.507 e. The molecule has 0 saturated carbocycles. The van der Waals surface area contributed by atoms with Crippen molar-refractivity contribution in [3.63, 3.8) is 0 Å². The molecule has 0 radical (unpaired) electrons. The fourth-order valence-electron chi connectivity index (χ4n) is 2.04. The molecular formula is C29H14O3. The number of ether oxygens (including phenoxy) is 1. The summed E-state index contributed by atoms with van der Waals surface area (Å²) in [5.41, 5.74) is 2.47. The predicted molar refractivity (Wildman–Crippen MR) is 123 cm³/mol. The fourth-order valence-corrected chi connectivity index (χ4v) is 2.04. The number of phenolic OH excluding ortho intramolecular Hbond substituents is 1.